The van der Waals surface area contributed by atoms with E-state index in [9.17, 15) is 5.11 Å². The molecule has 6 nitrogen and oxygen atoms in total. The summed E-state index contributed by atoms with van der Waals surface area (Å²) < 4.78 is 7.54. The Morgan fingerprint density at radius 2 is 2.37 bits per heavy atom. The third-order valence-corrected chi connectivity index (χ3v) is 3.58. The van der Waals surface area contributed by atoms with Crippen LogP contribution in [0.2, 0.25) is 0 Å². The number of aromatic nitrogens is 3. The largest absolute Gasteiger partial charge is 0.390 e. The average Bonchev–Trinajstić information content (AvgIpc) is 2.86. The van der Waals surface area contributed by atoms with Crippen molar-refractivity contribution in [3.05, 3.63) is 12.2 Å². The maximum atomic E-state index is 10.3. The van der Waals surface area contributed by atoms with Crippen molar-refractivity contribution < 1.29 is 9.84 Å². The second-order valence-corrected chi connectivity index (χ2v) is 4.97. The smallest absolute Gasteiger partial charge is 0.138 e. The molecule has 2 unspecified atom stereocenters. The summed E-state index contributed by atoms with van der Waals surface area (Å²) in [4.78, 5) is 6.53. The minimum Gasteiger partial charge on any atom is -0.390 e. The summed E-state index contributed by atoms with van der Waals surface area (Å²) in [5, 5.41) is 14.5. The monoisotopic (exact) mass is 268 g/mol. The Morgan fingerprint density at radius 1 is 1.53 bits per heavy atom. The topological polar surface area (TPSA) is 63.4 Å². The molecule has 0 bridgehead atoms. The highest BCUT2D eigenvalue weighted by atomic mass is 16.5. The molecular formula is C13H24N4O2. The van der Waals surface area contributed by atoms with Crippen molar-refractivity contribution in [1.82, 2.24) is 19.7 Å². The number of aliphatic hydroxyl groups excluding tert-OH is 1. The van der Waals surface area contributed by atoms with Gasteiger partial charge in [0.25, 0.3) is 0 Å². The molecule has 0 aromatic carbocycles. The number of aryl methyl sites for hydroxylation is 1. The van der Waals surface area contributed by atoms with Gasteiger partial charge in [0.05, 0.1) is 18.8 Å². The molecule has 1 N–H and O–H groups in total. The van der Waals surface area contributed by atoms with Crippen LogP contribution in [0.3, 0.4) is 0 Å². The molecule has 108 valence electrons. The Morgan fingerprint density at radius 3 is 3.11 bits per heavy atom. The van der Waals surface area contributed by atoms with Gasteiger partial charge in [-0.25, -0.2) is 4.98 Å². The fourth-order valence-electron chi connectivity index (χ4n) is 2.41. The standard InChI is InChI=1S/C13H24N4O2/c1-3-5-17-13(14-10-15-17)8-11(18)12-9-16(4-2)6-7-19-12/h10-12,18H,3-9H2,1-2H3. The van der Waals surface area contributed by atoms with Crippen molar-refractivity contribution in [3.63, 3.8) is 0 Å². The van der Waals surface area contributed by atoms with Crippen LogP contribution >= 0.6 is 0 Å². The van der Waals surface area contributed by atoms with Gasteiger partial charge < -0.3 is 9.84 Å². The normalized spacial score (nSPS) is 22.6. The van der Waals surface area contributed by atoms with Crippen LogP contribution in [0, 0.1) is 0 Å². The van der Waals surface area contributed by atoms with Crippen LogP contribution in [0.5, 0.6) is 0 Å². The molecule has 1 fully saturated rings. The van der Waals surface area contributed by atoms with Gasteiger partial charge >= 0.3 is 0 Å². The summed E-state index contributed by atoms with van der Waals surface area (Å²) in [5.74, 6) is 0.839. The van der Waals surface area contributed by atoms with Crippen LogP contribution in [0.15, 0.2) is 6.33 Å². The third-order valence-electron chi connectivity index (χ3n) is 3.58. The van der Waals surface area contributed by atoms with E-state index < -0.39 is 6.10 Å². The van der Waals surface area contributed by atoms with Crippen LogP contribution in [0.4, 0.5) is 0 Å². The van der Waals surface area contributed by atoms with Crippen molar-refractivity contribution in [2.75, 3.05) is 26.2 Å². The van der Waals surface area contributed by atoms with Gasteiger partial charge in [-0.1, -0.05) is 13.8 Å². The molecule has 2 atom stereocenters. The lowest BCUT2D eigenvalue weighted by molar-refractivity contribution is -0.0874. The van der Waals surface area contributed by atoms with Crippen molar-refractivity contribution >= 4 is 0 Å². The fourth-order valence-corrected chi connectivity index (χ4v) is 2.41. The van der Waals surface area contributed by atoms with E-state index in [4.69, 9.17) is 4.74 Å². The number of morpholine rings is 1. The SMILES string of the molecule is CCCn1ncnc1CC(O)C1CN(CC)CCO1. The number of hydrogen-bond donors (Lipinski definition) is 1. The number of nitrogens with zero attached hydrogens (tertiary/aromatic N) is 4. The Labute approximate surface area is 114 Å². The maximum Gasteiger partial charge on any atom is 0.138 e. The molecule has 0 radical (unpaired) electrons. The molecule has 0 amide bonds. The van der Waals surface area contributed by atoms with Gasteiger partial charge in [0, 0.05) is 26.1 Å². The van der Waals surface area contributed by atoms with E-state index in [0.717, 1.165) is 38.4 Å². The van der Waals surface area contributed by atoms with Crippen LogP contribution in [0.25, 0.3) is 0 Å². The first-order valence-electron chi connectivity index (χ1n) is 7.13. The predicted molar refractivity (Wildman–Crippen MR) is 71.9 cm³/mol. The first-order chi connectivity index (χ1) is 9.24. The van der Waals surface area contributed by atoms with E-state index in [1.165, 1.54) is 0 Å². The lowest BCUT2D eigenvalue weighted by Gasteiger charge is -2.34. The molecule has 1 aliphatic rings. The van der Waals surface area contributed by atoms with Crippen LogP contribution in [-0.2, 0) is 17.7 Å². The number of aliphatic hydroxyl groups is 1. The van der Waals surface area contributed by atoms with Gasteiger partial charge in [-0.15, -0.1) is 0 Å². The van der Waals surface area contributed by atoms with E-state index in [2.05, 4.69) is 28.8 Å². The molecule has 2 heterocycles. The number of rotatable bonds is 6. The van der Waals surface area contributed by atoms with E-state index in [1.54, 1.807) is 6.33 Å². The summed E-state index contributed by atoms with van der Waals surface area (Å²) in [6, 6.07) is 0. The second-order valence-electron chi connectivity index (χ2n) is 4.97. The van der Waals surface area contributed by atoms with Gasteiger partial charge in [0.2, 0.25) is 0 Å². The number of likely N-dealkylation sites (N-methyl/N-ethyl adjacent to an activating group) is 1. The number of ether oxygens (including phenoxy) is 1. The molecule has 0 aliphatic carbocycles. The second kappa shape index (κ2) is 6.98. The molecule has 1 aromatic heterocycles. The first kappa shape index (κ1) is 14.4. The molecule has 6 heteroatoms. The summed E-state index contributed by atoms with van der Waals surface area (Å²) in [5.41, 5.74) is 0. The summed E-state index contributed by atoms with van der Waals surface area (Å²) >= 11 is 0. The van der Waals surface area contributed by atoms with Crippen molar-refractivity contribution in [2.24, 2.45) is 0 Å². The molecule has 19 heavy (non-hydrogen) atoms. The summed E-state index contributed by atoms with van der Waals surface area (Å²) in [7, 11) is 0. The average molecular weight is 268 g/mol. The van der Waals surface area contributed by atoms with Gasteiger partial charge in [0.15, 0.2) is 0 Å². The zero-order chi connectivity index (χ0) is 13.7. The maximum absolute atomic E-state index is 10.3. The molecule has 1 saturated heterocycles. The summed E-state index contributed by atoms with van der Waals surface area (Å²) in [6.45, 7) is 8.51. The zero-order valence-corrected chi connectivity index (χ0v) is 11.8. The van der Waals surface area contributed by atoms with Crippen LogP contribution in [-0.4, -0.2) is 63.2 Å². The summed E-state index contributed by atoms with van der Waals surface area (Å²) in [6.07, 6.45) is 2.42. The minimum atomic E-state index is -0.519. The molecule has 1 aromatic rings. The highest BCUT2D eigenvalue weighted by Gasteiger charge is 2.27. The van der Waals surface area contributed by atoms with Gasteiger partial charge in [-0.3, -0.25) is 9.58 Å². The number of hydrogen-bond acceptors (Lipinski definition) is 5. The van der Waals surface area contributed by atoms with E-state index in [1.807, 2.05) is 4.68 Å². The molecular weight excluding hydrogens is 244 g/mol. The Bertz CT molecular complexity index is 382. The third kappa shape index (κ3) is 3.75. The van der Waals surface area contributed by atoms with Gasteiger partial charge in [0.1, 0.15) is 12.2 Å². The Kier molecular flexibility index (Phi) is 5.30. The molecule has 0 spiro atoms. The molecule has 2 rings (SSSR count). The molecule has 1 aliphatic heterocycles. The van der Waals surface area contributed by atoms with E-state index in [-0.39, 0.29) is 6.10 Å². The fraction of sp³-hybridized carbons (Fsp3) is 0.846. The van der Waals surface area contributed by atoms with Gasteiger partial charge in [-0.05, 0) is 13.0 Å². The predicted octanol–water partition coefficient (Wildman–Crippen LogP) is 0.312. The lowest BCUT2D eigenvalue weighted by Crippen LogP contribution is -2.48. The van der Waals surface area contributed by atoms with Crippen molar-refractivity contribution in [2.45, 2.75) is 45.4 Å². The Balaban J connectivity index is 1.92. The highest BCUT2D eigenvalue weighted by molar-refractivity contribution is 4.91. The highest BCUT2D eigenvalue weighted by Crippen LogP contribution is 2.12. The van der Waals surface area contributed by atoms with Crippen molar-refractivity contribution in [1.29, 1.82) is 0 Å². The van der Waals surface area contributed by atoms with Crippen LogP contribution < -0.4 is 0 Å². The van der Waals surface area contributed by atoms with Crippen LogP contribution in [0.1, 0.15) is 26.1 Å². The van der Waals surface area contributed by atoms with Gasteiger partial charge in [-0.2, -0.15) is 5.10 Å². The van der Waals surface area contributed by atoms with Crippen molar-refractivity contribution in [3.8, 4) is 0 Å². The first-order valence-corrected chi connectivity index (χ1v) is 7.13. The van der Waals surface area contributed by atoms with E-state index >= 15 is 0 Å². The quantitative estimate of drug-likeness (QED) is 0.804. The molecule has 0 saturated carbocycles. The Hall–Kier alpha value is -0.980. The zero-order valence-electron chi connectivity index (χ0n) is 11.8. The lowest BCUT2D eigenvalue weighted by atomic mass is 10.1. The van der Waals surface area contributed by atoms with E-state index in [0.29, 0.717) is 13.0 Å². The minimum absolute atomic E-state index is 0.125.